The fraction of sp³-hybridized carbons (Fsp3) is 0.545. The van der Waals surface area contributed by atoms with Gasteiger partial charge in [-0.1, -0.05) is 30.9 Å². The summed E-state index contributed by atoms with van der Waals surface area (Å²) in [6, 6.07) is 3.87. The van der Waals surface area contributed by atoms with Gasteiger partial charge in [-0.3, -0.25) is 9.69 Å². The van der Waals surface area contributed by atoms with E-state index in [9.17, 15) is 4.79 Å². The Bertz CT molecular complexity index is 938. The van der Waals surface area contributed by atoms with Gasteiger partial charge in [0.05, 0.1) is 24.9 Å². The predicted octanol–water partition coefficient (Wildman–Crippen LogP) is 4.05. The van der Waals surface area contributed by atoms with Gasteiger partial charge in [0.1, 0.15) is 5.82 Å². The summed E-state index contributed by atoms with van der Waals surface area (Å²) in [5.74, 6) is 2.44. The van der Waals surface area contributed by atoms with Gasteiger partial charge < -0.3 is 14.5 Å². The Labute approximate surface area is 176 Å². The molecule has 2 heterocycles. The molecule has 1 fully saturated rings. The number of fused-ring (bicyclic) bond motifs is 1. The van der Waals surface area contributed by atoms with Crippen molar-refractivity contribution in [2.24, 2.45) is 0 Å². The van der Waals surface area contributed by atoms with E-state index in [2.05, 4.69) is 9.88 Å². The maximum atomic E-state index is 12.6. The van der Waals surface area contributed by atoms with Crippen LogP contribution in [0.25, 0.3) is 0 Å². The fourth-order valence-electron chi connectivity index (χ4n) is 4.54. The molecule has 1 N–H and O–H groups in total. The third-order valence-corrected chi connectivity index (χ3v) is 6.34. The van der Waals surface area contributed by atoms with E-state index in [4.69, 9.17) is 26.1 Å². The second-order valence-corrected chi connectivity index (χ2v) is 8.39. The number of ether oxygens (including phenoxy) is 2. The normalized spacial score (nSPS) is 17.8. The smallest absolute Gasteiger partial charge is 0.254 e. The molecule has 1 aliphatic heterocycles. The van der Waals surface area contributed by atoms with E-state index in [1.165, 1.54) is 19.3 Å². The van der Waals surface area contributed by atoms with E-state index in [0.29, 0.717) is 41.9 Å². The zero-order chi connectivity index (χ0) is 20.4. The van der Waals surface area contributed by atoms with E-state index < -0.39 is 0 Å². The van der Waals surface area contributed by atoms with Crippen molar-refractivity contribution >= 4 is 11.6 Å². The minimum Gasteiger partial charge on any atom is -0.493 e. The van der Waals surface area contributed by atoms with Crippen molar-refractivity contribution < 1.29 is 9.47 Å². The SMILES string of the molecule is COc1cc(CN2CCc3c(nc(C4CCCCC4)[nH]c3=O)C2)cc(Cl)c1OC. The number of nitrogens with one attached hydrogen (secondary N) is 1. The van der Waals surface area contributed by atoms with Crippen LogP contribution in [0.5, 0.6) is 11.5 Å². The molecule has 1 aromatic heterocycles. The Hall–Kier alpha value is -2.05. The fourth-order valence-corrected chi connectivity index (χ4v) is 4.85. The first-order valence-electron chi connectivity index (χ1n) is 10.3. The highest BCUT2D eigenvalue weighted by Gasteiger charge is 2.25. The van der Waals surface area contributed by atoms with Crippen LogP contribution in [-0.4, -0.2) is 35.6 Å². The number of methoxy groups -OCH3 is 2. The summed E-state index contributed by atoms with van der Waals surface area (Å²) in [6.07, 6.45) is 6.68. The largest absolute Gasteiger partial charge is 0.493 e. The number of H-pyrrole nitrogens is 1. The Morgan fingerprint density at radius 2 is 2.00 bits per heavy atom. The van der Waals surface area contributed by atoms with Gasteiger partial charge in [-0.15, -0.1) is 0 Å². The number of aromatic nitrogens is 2. The number of nitrogens with zero attached hydrogens (tertiary/aromatic N) is 2. The molecule has 7 heteroatoms. The van der Waals surface area contributed by atoms with Gasteiger partial charge in [0.25, 0.3) is 5.56 Å². The summed E-state index contributed by atoms with van der Waals surface area (Å²) in [5.41, 5.74) is 2.86. The van der Waals surface area contributed by atoms with Crippen LogP contribution in [0.15, 0.2) is 16.9 Å². The summed E-state index contributed by atoms with van der Waals surface area (Å²) in [6.45, 7) is 2.20. The second kappa shape index (κ2) is 8.76. The van der Waals surface area contributed by atoms with Gasteiger partial charge in [0, 0.05) is 31.1 Å². The molecule has 0 amide bonds. The van der Waals surface area contributed by atoms with E-state index in [1.807, 2.05) is 12.1 Å². The van der Waals surface area contributed by atoms with Crippen molar-refractivity contribution in [1.29, 1.82) is 0 Å². The van der Waals surface area contributed by atoms with Gasteiger partial charge in [0.2, 0.25) is 0 Å². The van der Waals surface area contributed by atoms with Gasteiger partial charge in [-0.2, -0.15) is 0 Å². The average Bonchev–Trinajstić information content (AvgIpc) is 2.73. The lowest BCUT2D eigenvalue weighted by molar-refractivity contribution is 0.239. The molecule has 0 atom stereocenters. The van der Waals surface area contributed by atoms with Crippen molar-refractivity contribution in [3.63, 3.8) is 0 Å². The number of halogens is 1. The highest BCUT2D eigenvalue weighted by atomic mass is 35.5. The predicted molar refractivity (Wildman–Crippen MR) is 113 cm³/mol. The van der Waals surface area contributed by atoms with Gasteiger partial charge in [0.15, 0.2) is 11.5 Å². The van der Waals surface area contributed by atoms with Crippen LogP contribution in [0.4, 0.5) is 0 Å². The van der Waals surface area contributed by atoms with Crippen LogP contribution in [-0.2, 0) is 19.5 Å². The Morgan fingerprint density at radius 3 is 2.72 bits per heavy atom. The summed E-state index contributed by atoms with van der Waals surface area (Å²) in [7, 11) is 3.19. The van der Waals surface area contributed by atoms with E-state index in [1.54, 1.807) is 14.2 Å². The monoisotopic (exact) mass is 417 g/mol. The molecule has 6 nitrogen and oxygen atoms in total. The van der Waals surface area contributed by atoms with E-state index in [-0.39, 0.29) is 5.56 Å². The lowest BCUT2D eigenvalue weighted by Gasteiger charge is -2.29. The van der Waals surface area contributed by atoms with E-state index in [0.717, 1.165) is 42.0 Å². The molecule has 0 unspecified atom stereocenters. The minimum absolute atomic E-state index is 0.0457. The maximum absolute atomic E-state index is 12.6. The molecule has 0 spiro atoms. The van der Waals surface area contributed by atoms with Crippen molar-refractivity contribution in [1.82, 2.24) is 14.9 Å². The number of benzene rings is 1. The van der Waals surface area contributed by atoms with Crippen LogP contribution in [0.1, 0.15) is 60.7 Å². The molecule has 1 saturated carbocycles. The molecular weight excluding hydrogens is 390 g/mol. The number of aromatic amines is 1. The molecule has 0 saturated heterocycles. The Kier molecular flexibility index (Phi) is 6.11. The third kappa shape index (κ3) is 4.28. The van der Waals surface area contributed by atoms with Crippen molar-refractivity contribution in [2.75, 3.05) is 20.8 Å². The van der Waals surface area contributed by atoms with Crippen LogP contribution >= 0.6 is 11.6 Å². The molecule has 156 valence electrons. The molecule has 4 rings (SSSR count). The molecule has 0 radical (unpaired) electrons. The Morgan fingerprint density at radius 1 is 1.21 bits per heavy atom. The topological polar surface area (TPSA) is 67.5 Å². The molecule has 1 aromatic carbocycles. The summed E-state index contributed by atoms with van der Waals surface area (Å²) >= 11 is 6.36. The second-order valence-electron chi connectivity index (χ2n) is 7.99. The highest BCUT2D eigenvalue weighted by molar-refractivity contribution is 6.32. The quantitative estimate of drug-likeness (QED) is 0.794. The van der Waals surface area contributed by atoms with Gasteiger partial charge >= 0.3 is 0 Å². The van der Waals surface area contributed by atoms with Gasteiger partial charge in [-0.25, -0.2) is 4.98 Å². The molecule has 1 aliphatic carbocycles. The minimum atomic E-state index is 0.0457. The average molecular weight is 418 g/mol. The zero-order valence-electron chi connectivity index (χ0n) is 17.1. The summed E-state index contributed by atoms with van der Waals surface area (Å²) < 4.78 is 10.7. The number of hydrogen-bond acceptors (Lipinski definition) is 5. The maximum Gasteiger partial charge on any atom is 0.254 e. The summed E-state index contributed by atoms with van der Waals surface area (Å²) in [5, 5.41) is 0.536. The molecule has 2 aromatic rings. The molecule has 0 bridgehead atoms. The van der Waals surface area contributed by atoms with Crippen molar-refractivity contribution in [3.05, 3.63) is 50.2 Å². The Balaban J connectivity index is 1.54. The van der Waals surface area contributed by atoms with Crippen LogP contribution in [0, 0.1) is 0 Å². The first-order chi connectivity index (χ1) is 14.1. The van der Waals surface area contributed by atoms with Crippen molar-refractivity contribution in [2.45, 2.75) is 57.5 Å². The van der Waals surface area contributed by atoms with E-state index >= 15 is 0 Å². The lowest BCUT2D eigenvalue weighted by atomic mass is 9.88. The number of rotatable bonds is 5. The number of hydrogen-bond donors (Lipinski definition) is 1. The molecular formula is C22H28ClN3O3. The lowest BCUT2D eigenvalue weighted by Crippen LogP contribution is -2.35. The molecule has 29 heavy (non-hydrogen) atoms. The first kappa shape index (κ1) is 20.2. The van der Waals surface area contributed by atoms with Crippen molar-refractivity contribution in [3.8, 4) is 11.5 Å². The highest BCUT2D eigenvalue weighted by Crippen LogP contribution is 2.36. The van der Waals surface area contributed by atoms with Crippen LogP contribution in [0.3, 0.4) is 0 Å². The van der Waals surface area contributed by atoms with Crippen LogP contribution < -0.4 is 15.0 Å². The zero-order valence-corrected chi connectivity index (χ0v) is 17.8. The third-order valence-electron chi connectivity index (χ3n) is 6.06. The van der Waals surface area contributed by atoms with Gasteiger partial charge in [-0.05, 0) is 37.0 Å². The standard InChI is InChI=1S/C22H28ClN3O3/c1-28-19-11-14(10-17(23)20(19)29-2)12-26-9-8-16-18(13-26)24-21(25-22(16)27)15-6-4-3-5-7-15/h10-11,15H,3-9,12-13H2,1-2H3,(H,24,25,27). The first-order valence-corrected chi connectivity index (χ1v) is 10.7. The summed E-state index contributed by atoms with van der Waals surface area (Å²) in [4.78, 5) is 22.9. The molecule has 2 aliphatic rings. The van der Waals surface area contributed by atoms with Crippen LogP contribution in [0.2, 0.25) is 5.02 Å².